The zero-order valence-corrected chi connectivity index (χ0v) is 8.39. The van der Waals surface area contributed by atoms with Gasteiger partial charge in [0.2, 0.25) is 0 Å². The Kier molecular flexibility index (Phi) is 5.31. The minimum atomic E-state index is -0.822. The summed E-state index contributed by atoms with van der Waals surface area (Å²) in [5.74, 6) is 0. The van der Waals surface area contributed by atoms with Gasteiger partial charge in [-0.15, -0.1) is 6.58 Å². The monoisotopic (exact) mass is 188 g/mol. The van der Waals surface area contributed by atoms with Crippen LogP contribution in [0.4, 0.5) is 0 Å². The maximum atomic E-state index is 10.8. The second-order valence-electron chi connectivity index (χ2n) is 2.97. The quantitative estimate of drug-likeness (QED) is 0.491. The molecular weight excluding hydrogens is 171 g/mol. The molecule has 2 atom stereocenters. The van der Waals surface area contributed by atoms with E-state index in [1.54, 1.807) is 6.08 Å². The number of rotatable bonds is 6. The summed E-state index contributed by atoms with van der Waals surface area (Å²) < 4.78 is 10.8. The lowest BCUT2D eigenvalue weighted by atomic mass is 10.0. The summed E-state index contributed by atoms with van der Waals surface area (Å²) in [7, 11) is -0.0966. The summed E-state index contributed by atoms with van der Waals surface area (Å²) in [6.45, 7) is 5.58. The third-order valence-electron chi connectivity index (χ3n) is 1.88. The number of hydrogen-bond donors (Lipinski definition) is 2. The van der Waals surface area contributed by atoms with Crippen molar-refractivity contribution in [2.75, 3.05) is 0 Å². The molecule has 4 N–H and O–H groups in total. The normalized spacial score (nSPS) is 18.6. The first-order chi connectivity index (χ1) is 5.60. The van der Waals surface area contributed by atoms with Crippen molar-refractivity contribution in [3.05, 3.63) is 12.7 Å². The van der Waals surface area contributed by atoms with Gasteiger partial charge in [0.1, 0.15) is 5.28 Å². The molecule has 0 aliphatic carbocycles. The van der Waals surface area contributed by atoms with Crippen LogP contribution in [-0.2, 0) is 4.57 Å². The molecule has 4 heteroatoms. The van der Waals surface area contributed by atoms with Gasteiger partial charge in [-0.3, -0.25) is 4.57 Å². The van der Waals surface area contributed by atoms with Crippen LogP contribution in [0.1, 0.15) is 26.2 Å². The van der Waals surface area contributed by atoms with E-state index in [9.17, 15) is 4.57 Å². The molecule has 70 valence electrons. The van der Waals surface area contributed by atoms with Gasteiger partial charge in [-0.05, 0) is 12.8 Å². The minimum Gasteiger partial charge on any atom is -0.325 e. The van der Waals surface area contributed by atoms with Crippen LogP contribution in [0.3, 0.4) is 0 Å². The molecule has 3 nitrogen and oxygen atoms in total. The molecule has 0 fully saturated rings. The fraction of sp³-hybridized carbons (Fsp3) is 0.750. The highest BCUT2D eigenvalue weighted by Gasteiger charge is 2.31. The van der Waals surface area contributed by atoms with Gasteiger partial charge in [-0.1, -0.05) is 19.4 Å². The lowest BCUT2D eigenvalue weighted by Crippen LogP contribution is -2.50. The number of nitrogens with two attached hydrogens (primary N) is 2. The van der Waals surface area contributed by atoms with E-state index >= 15 is 0 Å². The molecule has 0 bridgehead atoms. The van der Waals surface area contributed by atoms with E-state index in [1.807, 2.05) is 6.92 Å². The summed E-state index contributed by atoms with van der Waals surface area (Å²) in [6, 6.07) is -0.223. The molecule has 0 saturated carbocycles. The summed E-state index contributed by atoms with van der Waals surface area (Å²) in [5, 5.41) is -0.822. The Bertz CT molecular complexity index is 163. The topological polar surface area (TPSA) is 69.1 Å². The third kappa shape index (κ3) is 3.02. The Labute approximate surface area is 75.4 Å². The van der Waals surface area contributed by atoms with Crippen LogP contribution < -0.4 is 11.5 Å². The molecule has 0 aromatic carbocycles. The van der Waals surface area contributed by atoms with Crippen molar-refractivity contribution in [3.63, 3.8) is 0 Å². The van der Waals surface area contributed by atoms with Crippen molar-refractivity contribution in [1.82, 2.24) is 0 Å². The smallest absolute Gasteiger partial charge is 0.179 e. The van der Waals surface area contributed by atoms with E-state index in [2.05, 4.69) is 6.58 Å². The van der Waals surface area contributed by atoms with Crippen LogP contribution in [0.15, 0.2) is 12.7 Å². The molecule has 0 spiro atoms. The third-order valence-corrected chi connectivity index (χ3v) is 2.74. The van der Waals surface area contributed by atoms with Gasteiger partial charge < -0.3 is 11.5 Å². The molecular formula is C8H17N2OP. The SMILES string of the molecule is C=CCC(N)(P=O)C(N)CCC. The van der Waals surface area contributed by atoms with Crippen LogP contribution >= 0.6 is 8.46 Å². The van der Waals surface area contributed by atoms with Crippen molar-refractivity contribution in [2.24, 2.45) is 11.5 Å². The van der Waals surface area contributed by atoms with E-state index in [1.165, 1.54) is 0 Å². The van der Waals surface area contributed by atoms with E-state index < -0.39 is 5.28 Å². The van der Waals surface area contributed by atoms with Crippen molar-refractivity contribution >= 4 is 8.46 Å². The van der Waals surface area contributed by atoms with Gasteiger partial charge in [0.25, 0.3) is 0 Å². The van der Waals surface area contributed by atoms with Gasteiger partial charge in [0, 0.05) is 6.04 Å². The first-order valence-corrected chi connectivity index (χ1v) is 4.91. The Hall–Kier alpha value is -0.240. The largest absolute Gasteiger partial charge is 0.325 e. The molecule has 0 aliphatic heterocycles. The summed E-state index contributed by atoms with van der Waals surface area (Å²) in [5.41, 5.74) is 11.6. The van der Waals surface area contributed by atoms with Gasteiger partial charge in [0.15, 0.2) is 8.46 Å². The second kappa shape index (κ2) is 5.41. The molecule has 0 aliphatic rings. The maximum absolute atomic E-state index is 10.8. The first-order valence-electron chi connectivity index (χ1n) is 4.10. The van der Waals surface area contributed by atoms with Gasteiger partial charge in [-0.25, -0.2) is 0 Å². The predicted molar refractivity (Wildman–Crippen MR) is 52.2 cm³/mol. The molecule has 0 aromatic heterocycles. The maximum Gasteiger partial charge on any atom is 0.179 e. The van der Waals surface area contributed by atoms with Crippen molar-refractivity contribution in [3.8, 4) is 0 Å². The van der Waals surface area contributed by atoms with E-state index in [-0.39, 0.29) is 14.5 Å². The highest BCUT2D eigenvalue weighted by atomic mass is 31.1. The van der Waals surface area contributed by atoms with Crippen LogP contribution in [0.5, 0.6) is 0 Å². The molecule has 0 saturated heterocycles. The van der Waals surface area contributed by atoms with Crippen LogP contribution in [-0.4, -0.2) is 11.3 Å². The van der Waals surface area contributed by atoms with Crippen LogP contribution in [0.25, 0.3) is 0 Å². The minimum absolute atomic E-state index is 0.0966. The lowest BCUT2D eigenvalue weighted by Gasteiger charge is -2.27. The van der Waals surface area contributed by atoms with E-state index in [0.29, 0.717) is 6.42 Å². The van der Waals surface area contributed by atoms with Crippen molar-refractivity contribution in [1.29, 1.82) is 0 Å². The van der Waals surface area contributed by atoms with Crippen LogP contribution in [0.2, 0.25) is 0 Å². The Morgan fingerprint density at radius 2 is 2.33 bits per heavy atom. The zero-order chi connectivity index (χ0) is 9.61. The Morgan fingerprint density at radius 1 is 1.75 bits per heavy atom. The standard InChI is InChI=1S/C8H17N2OP/c1-3-5-7(9)8(10,12-11)6-4-2/h4,7H,2-3,5-6,9-10H2,1H3. The van der Waals surface area contributed by atoms with Gasteiger partial charge in [0.05, 0.1) is 0 Å². The highest BCUT2D eigenvalue weighted by molar-refractivity contribution is 7.26. The summed E-state index contributed by atoms with van der Waals surface area (Å²) in [6.07, 6.45) is 3.88. The molecule has 2 unspecified atom stereocenters. The second-order valence-corrected chi connectivity index (χ2v) is 3.99. The average molecular weight is 188 g/mol. The van der Waals surface area contributed by atoms with Crippen molar-refractivity contribution < 1.29 is 4.57 Å². The molecule has 0 rings (SSSR count). The van der Waals surface area contributed by atoms with E-state index in [0.717, 1.165) is 12.8 Å². The lowest BCUT2D eigenvalue weighted by molar-refractivity contribution is 0.435. The van der Waals surface area contributed by atoms with Crippen molar-refractivity contribution in [2.45, 2.75) is 37.5 Å². The van der Waals surface area contributed by atoms with Crippen LogP contribution in [0, 0.1) is 0 Å². The Morgan fingerprint density at radius 3 is 2.67 bits per heavy atom. The Balaban J connectivity index is 4.27. The first kappa shape index (κ1) is 11.8. The molecule has 0 radical (unpaired) electrons. The highest BCUT2D eigenvalue weighted by Crippen LogP contribution is 2.26. The zero-order valence-electron chi connectivity index (χ0n) is 7.49. The van der Waals surface area contributed by atoms with Gasteiger partial charge in [-0.2, -0.15) is 0 Å². The fourth-order valence-corrected chi connectivity index (χ4v) is 1.52. The molecule has 0 heterocycles. The molecule has 0 aromatic rings. The van der Waals surface area contributed by atoms with Gasteiger partial charge >= 0.3 is 0 Å². The average Bonchev–Trinajstić information content (AvgIpc) is 2.05. The molecule has 12 heavy (non-hydrogen) atoms. The summed E-state index contributed by atoms with van der Waals surface area (Å²) >= 11 is 0. The predicted octanol–water partition coefficient (Wildman–Crippen LogP) is 1.64. The van der Waals surface area contributed by atoms with E-state index in [4.69, 9.17) is 11.5 Å². The fourth-order valence-electron chi connectivity index (χ4n) is 1.05. The number of hydrogen-bond acceptors (Lipinski definition) is 3. The molecule has 0 amide bonds. The summed E-state index contributed by atoms with van der Waals surface area (Å²) in [4.78, 5) is 0.